The number of rotatable bonds is 7. The van der Waals surface area contributed by atoms with Crippen molar-refractivity contribution in [2.45, 2.75) is 44.5 Å². The second kappa shape index (κ2) is 10.6. The average molecular weight is 547 g/mol. The zero-order valence-electron chi connectivity index (χ0n) is 20.9. The van der Waals surface area contributed by atoms with E-state index in [1.165, 1.54) is 25.5 Å². The summed E-state index contributed by atoms with van der Waals surface area (Å²) >= 11 is 0. The summed E-state index contributed by atoms with van der Waals surface area (Å²) < 4.78 is 66.2. The van der Waals surface area contributed by atoms with E-state index < -0.39 is 36.2 Å². The van der Waals surface area contributed by atoms with Gasteiger partial charge in [-0.1, -0.05) is 6.92 Å². The van der Waals surface area contributed by atoms with Crippen molar-refractivity contribution >= 4 is 23.1 Å². The van der Waals surface area contributed by atoms with Gasteiger partial charge >= 0.3 is 12.1 Å². The van der Waals surface area contributed by atoms with E-state index in [2.05, 4.69) is 10.1 Å². The van der Waals surface area contributed by atoms with Crippen LogP contribution in [0.25, 0.3) is 11.5 Å². The van der Waals surface area contributed by atoms with E-state index >= 15 is 0 Å². The Morgan fingerprint density at radius 3 is 2.49 bits per heavy atom. The van der Waals surface area contributed by atoms with Crippen molar-refractivity contribution in [2.75, 3.05) is 23.0 Å². The fraction of sp³-hybridized carbons (Fsp3) is 0.370. The van der Waals surface area contributed by atoms with E-state index in [9.17, 15) is 27.5 Å². The van der Waals surface area contributed by atoms with Crippen LogP contribution in [0.1, 0.15) is 26.2 Å². The fourth-order valence-electron chi connectivity index (χ4n) is 5.02. The first-order chi connectivity index (χ1) is 18.6. The monoisotopic (exact) mass is 546 g/mol. The number of carbonyl (C=O) groups is 1. The Balaban J connectivity index is 1.23. The van der Waals surface area contributed by atoms with Gasteiger partial charge in [-0.2, -0.15) is 18.3 Å². The summed E-state index contributed by atoms with van der Waals surface area (Å²) in [6.07, 6.45) is -1.01. The minimum atomic E-state index is -4.65. The Kier molecular flexibility index (Phi) is 7.19. The highest BCUT2D eigenvalue weighted by Crippen LogP contribution is 2.37. The Morgan fingerprint density at radius 1 is 1.15 bits per heavy atom. The summed E-state index contributed by atoms with van der Waals surface area (Å²) in [4.78, 5) is 17.4. The molecular weight excluding hydrogens is 520 g/mol. The smallest absolute Gasteiger partial charge is 0.431 e. The molecule has 0 aliphatic carbocycles. The third-order valence-electron chi connectivity index (χ3n) is 7.02. The number of alkyl halides is 3. The predicted molar refractivity (Wildman–Crippen MR) is 135 cm³/mol. The topological polar surface area (TPSA) is 91.4 Å². The molecule has 2 aliphatic heterocycles. The summed E-state index contributed by atoms with van der Waals surface area (Å²) in [6.45, 7) is 2.46. The molecule has 1 aromatic heterocycles. The van der Waals surface area contributed by atoms with Crippen LogP contribution in [0.5, 0.6) is 5.75 Å². The van der Waals surface area contributed by atoms with Gasteiger partial charge in [0.2, 0.25) is 5.89 Å². The molecule has 1 fully saturated rings. The molecule has 0 spiro atoms. The molecule has 5 rings (SSSR count). The zero-order valence-corrected chi connectivity index (χ0v) is 20.9. The van der Waals surface area contributed by atoms with E-state index in [0.29, 0.717) is 54.5 Å². The van der Waals surface area contributed by atoms with E-state index in [1.807, 2.05) is 4.90 Å². The van der Waals surface area contributed by atoms with Gasteiger partial charge in [0, 0.05) is 37.4 Å². The molecule has 1 saturated heterocycles. The number of nitrogens with zero attached hydrogens (tertiary/aromatic N) is 4. The second-order valence-corrected chi connectivity index (χ2v) is 9.58. The van der Waals surface area contributed by atoms with Gasteiger partial charge in [0.05, 0.1) is 30.0 Å². The third kappa shape index (κ3) is 5.69. The summed E-state index contributed by atoms with van der Waals surface area (Å²) in [5.74, 6) is -1.70. The van der Waals surface area contributed by atoms with E-state index in [-0.39, 0.29) is 11.9 Å². The molecule has 2 unspecified atom stereocenters. The number of aliphatic carboxylic acids is 1. The summed E-state index contributed by atoms with van der Waals surface area (Å²) in [5.41, 5.74) is 0.488. The van der Waals surface area contributed by atoms with Gasteiger partial charge < -0.3 is 19.2 Å². The molecule has 2 atom stereocenters. The number of hydrogen-bond donors (Lipinski definition) is 1. The highest BCUT2D eigenvalue weighted by molar-refractivity contribution is 5.96. The molecule has 39 heavy (non-hydrogen) atoms. The number of benzene rings is 2. The molecule has 3 aromatic rings. The van der Waals surface area contributed by atoms with Crippen LogP contribution < -0.4 is 14.6 Å². The molecule has 3 heterocycles. The van der Waals surface area contributed by atoms with Crippen LogP contribution in [-0.2, 0) is 4.79 Å². The molecule has 0 radical (unpaired) electrons. The lowest BCUT2D eigenvalue weighted by atomic mass is 9.94. The molecule has 2 aliphatic rings. The average Bonchev–Trinajstić information content (AvgIpc) is 3.54. The van der Waals surface area contributed by atoms with Crippen LogP contribution in [0.2, 0.25) is 0 Å². The van der Waals surface area contributed by atoms with Crippen LogP contribution in [-0.4, -0.2) is 53.2 Å². The molecule has 12 heteroatoms. The Bertz CT molecular complexity index is 1340. The van der Waals surface area contributed by atoms with Crippen LogP contribution in [0.4, 0.5) is 28.9 Å². The first kappa shape index (κ1) is 26.5. The van der Waals surface area contributed by atoms with E-state index in [4.69, 9.17) is 9.15 Å². The molecule has 206 valence electrons. The maximum atomic E-state index is 14.6. The van der Waals surface area contributed by atoms with Crippen molar-refractivity contribution in [1.82, 2.24) is 4.98 Å². The van der Waals surface area contributed by atoms with Crippen molar-refractivity contribution in [3.63, 3.8) is 0 Å². The molecule has 0 amide bonds. The summed E-state index contributed by atoms with van der Waals surface area (Å²) in [7, 11) is 0. The fourth-order valence-corrected chi connectivity index (χ4v) is 5.02. The maximum Gasteiger partial charge on any atom is 0.431 e. The molecule has 1 N–H and O–H groups in total. The number of oxazole rings is 1. The first-order valence-electron chi connectivity index (χ1n) is 12.5. The van der Waals surface area contributed by atoms with Crippen LogP contribution in [0.15, 0.2) is 64.4 Å². The van der Waals surface area contributed by atoms with Crippen molar-refractivity contribution in [1.29, 1.82) is 0 Å². The minimum absolute atomic E-state index is 0.133. The van der Waals surface area contributed by atoms with Gasteiger partial charge in [-0.05, 0) is 42.5 Å². The summed E-state index contributed by atoms with van der Waals surface area (Å²) in [5, 5.41) is 14.1. The Hall–Kier alpha value is -4.09. The largest absolute Gasteiger partial charge is 0.490 e. The highest BCUT2D eigenvalue weighted by Gasteiger charge is 2.48. The number of hydrogen-bond acceptors (Lipinski definition) is 7. The Morgan fingerprint density at radius 2 is 1.87 bits per heavy atom. The molecule has 0 bridgehead atoms. The minimum Gasteiger partial charge on any atom is -0.490 e. The van der Waals surface area contributed by atoms with Crippen molar-refractivity contribution in [2.24, 2.45) is 11.0 Å². The van der Waals surface area contributed by atoms with Crippen molar-refractivity contribution in [3.05, 3.63) is 60.7 Å². The number of aromatic nitrogens is 1. The first-order valence-corrected chi connectivity index (χ1v) is 12.5. The molecule has 0 saturated carbocycles. The molecular formula is C27H26F4N4O4. The SMILES string of the molecule is CC1C(C(F)(F)F)=NN(c2ccc(OC3CCN(c4cc(-c5ncco5)ccc4F)CC3)cc2)C1CC(=O)O. The third-order valence-corrected chi connectivity index (χ3v) is 7.02. The van der Waals surface area contributed by atoms with Crippen molar-refractivity contribution in [3.8, 4) is 17.2 Å². The normalized spacial score (nSPS) is 20.3. The zero-order chi connectivity index (χ0) is 27.7. The number of hydrazone groups is 1. The Labute approximate surface area is 221 Å². The standard InChI is InChI=1S/C27H26F4N4O4/c1-16-22(15-24(36)37)35(33-25(16)27(29,30)31)18-3-5-19(6-4-18)39-20-8-11-34(12-9-20)23-14-17(2-7-21(23)28)26-32-10-13-38-26/h2-7,10,13-14,16,20,22H,8-9,11-12,15H2,1H3,(H,36,37). The van der Waals surface area contributed by atoms with E-state index in [1.54, 1.807) is 36.4 Å². The lowest BCUT2D eigenvalue weighted by molar-refractivity contribution is -0.137. The highest BCUT2D eigenvalue weighted by atomic mass is 19.4. The quantitative estimate of drug-likeness (QED) is 0.378. The number of carboxylic acids is 1. The van der Waals surface area contributed by atoms with Gasteiger partial charge in [-0.25, -0.2) is 9.37 Å². The van der Waals surface area contributed by atoms with Gasteiger partial charge in [0.1, 0.15) is 29.6 Å². The van der Waals surface area contributed by atoms with Crippen molar-refractivity contribution < 1.29 is 36.6 Å². The van der Waals surface area contributed by atoms with Gasteiger partial charge in [-0.3, -0.25) is 9.80 Å². The number of anilines is 2. The molecule has 8 nitrogen and oxygen atoms in total. The van der Waals surface area contributed by atoms with Gasteiger partial charge in [0.15, 0.2) is 0 Å². The van der Waals surface area contributed by atoms with Gasteiger partial charge in [0.25, 0.3) is 0 Å². The number of carboxylic acid groups (broad SMARTS) is 1. The molecule has 2 aromatic carbocycles. The lowest BCUT2D eigenvalue weighted by Gasteiger charge is -2.34. The number of ether oxygens (including phenoxy) is 1. The van der Waals surface area contributed by atoms with Gasteiger partial charge in [-0.15, -0.1) is 0 Å². The predicted octanol–water partition coefficient (Wildman–Crippen LogP) is 5.75. The maximum absolute atomic E-state index is 14.6. The summed E-state index contributed by atoms with van der Waals surface area (Å²) in [6, 6.07) is 10.2. The number of halogens is 4. The second-order valence-electron chi connectivity index (χ2n) is 9.58. The number of piperidine rings is 1. The van der Waals surface area contributed by atoms with Crippen LogP contribution >= 0.6 is 0 Å². The van der Waals surface area contributed by atoms with Crippen LogP contribution in [0.3, 0.4) is 0 Å². The lowest BCUT2D eigenvalue weighted by Crippen LogP contribution is -2.38. The van der Waals surface area contributed by atoms with E-state index in [0.717, 1.165) is 5.01 Å². The van der Waals surface area contributed by atoms with Crippen LogP contribution in [0, 0.1) is 11.7 Å².